The van der Waals surface area contributed by atoms with Gasteiger partial charge in [0.1, 0.15) is 17.2 Å². The molecule has 0 amide bonds. The lowest BCUT2D eigenvalue weighted by molar-refractivity contribution is 0.0662. The van der Waals surface area contributed by atoms with Crippen molar-refractivity contribution in [3.8, 4) is 5.75 Å². The van der Waals surface area contributed by atoms with E-state index in [9.17, 15) is 4.39 Å². The minimum absolute atomic E-state index is 0.180. The molecule has 88 valence electrons. The molecule has 1 atom stereocenters. The van der Waals surface area contributed by atoms with E-state index < -0.39 is 0 Å². The molecule has 0 aliphatic carbocycles. The van der Waals surface area contributed by atoms with Gasteiger partial charge in [-0.3, -0.25) is 0 Å². The smallest absolute Gasteiger partial charge is 0.125 e. The zero-order chi connectivity index (χ0) is 11.8. The van der Waals surface area contributed by atoms with Crippen molar-refractivity contribution >= 4 is 0 Å². The van der Waals surface area contributed by atoms with Crippen molar-refractivity contribution in [2.45, 2.75) is 38.8 Å². The van der Waals surface area contributed by atoms with Crippen LogP contribution >= 0.6 is 0 Å². The molecule has 1 aromatic rings. The lowest BCUT2D eigenvalue weighted by Crippen LogP contribution is -2.39. The van der Waals surface area contributed by atoms with Crippen LogP contribution in [0, 0.1) is 5.82 Å². The molecule has 0 fully saturated rings. The van der Waals surface area contributed by atoms with Crippen LogP contribution < -0.4 is 10.1 Å². The van der Waals surface area contributed by atoms with E-state index in [4.69, 9.17) is 4.74 Å². The second-order valence-corrected chi connectivity index (χ2v) is 4.86. The third kappa shape index (κ3) is 2.19. The van der Waals surface area contributed by atoms with Gasteiger partial charge in [-0.05, 0) is 38.6 Å². The summed E-state index contributed by atoms with van der Waals surface area (Å²) in [6, 6.07) is 4.91. The highest BCUT2D eigenvalue weighted by Gasteiger charge is 2.33. The fourth-order valence-corrected chi connectivity index (χ4v) is 2.25. The normalized spacial score (nSPS) is 22.4. The van der Waals surface area contributed by atoms with Crippen molar-refractivity contribution in [2.75, 3.05) is 6.54 Å². The Hall–Kier alpha value is -1.09. The number of benzene rings is 1. The molecular formula is C13H18FNO. The molecule has 0 radical (unpaired) electrons. The fourth-order valence-electron chi connectivity index (χ4n) is 2.25. The van der Waals surface area contributed by atoms with E-state index in [1.165, 1.54) is 6.07 Å². The lowest BCUT2D eigenvalue weighted by Gasteiger charge is -2.37. The topological polar surface area (TPSA) is 21.3 Å². The molecule has 0 aromatic heterocycles. The molecule has 0 saturated carbocycles. The Balaban J connectivity index is 2.39. The number of hydrogen-bond acceptors (Lipinski definition) is 2. The largest absolute Gasteiger partial charge is 0.487 e. The van der Waals surface area contributed by atoms with Crippen LogP contribution in [-0.2, 0) is 0 Å². The molecule has 1 unspecified atom stereocenters. The van der Waals surface area contributed by atoms with Crippen molar-refractivity contribution in [3.63, 3.8) is 0 Å². The average Bonchev–Trinajstić information content (AvgIpc) is 2.18. The van der Waals surface area contributed by atoms with Gasteiger partial charge in [-0.2, -0.15) is 0 Å². The SMILES string of the molecule is CCNC1CC(C)(C)Oc2ccc(F)cc21. The monoisotopic (exact) mass is 223 g/mol. The Bertz CT molecular complexity index is 390. The highest BCUT2D eigenvalue weighted by atomic mass is 19.1. The van der Waals surface area contributed by atoms with Gasteiger partial charge in [0.15, 0.2) is 0 Å². The van der Waals surface area contributed by atoms with E-state index in [2.05, 4.69) is 26.1 Å². The number of rotatable bonds is 2. The number of ether oxygens (including phenoxy) is 1. The lowest BCUT2D eigenvalue weighted by atomic mass is 9.89. The molecule has 2 rings (SSSR count). The number of fused-ring (bicyclic) bond motifs is 1. The van der Waals surface area contributed by atoms with Crippen LogP contribution in [0.25, 0.3) is 0 Å². The highest BCUT2D eigenvalue weighted by molar-refractivity contribution is 5.39. The summed E-state index contributed by atoms with van der Waals surface area (Å²) >= 11 is 0. The van der Waals surface area contributed by atoms with Crippen LogP contribution in [0.5, 0.6) is 5.75 Å². The van der Waals surface area contributed by atoms with E-state index in [0.717, 1.165) is 24.3 Å². The van der Waals surface area contributed by atoms with Crippen LogP contribution in [-0.4, -0.2) is 12.1 Å². The molecule has 1 aromatic carbocycles. The van der Waals surface area contributed by atoms with Gasteiger partial charge in [-0.1, -0.05) is 6.92 Å². The molecule has 1 aliphatic rings. The summed E-state index contributed by atoms with van der Waals surface area (Å²) in [7, 11) is 0. The summed E-state index contributed by atoms with van der Waals surface area (Å²) in [5.41, 5.74) is 0.735. The Kier molecular flexibility index (Phi) is 2.89. The number of halogens is 1. The summed E-state index contributed by atoms with van der Waals surface area (Å²) in [6.45, 7) is 7.05. The first-order chi connectivity index (χ1) is 7.52. The van der Waals surface area contributed by atoms with Crippen molar-refractivity contribution < 1.29 is 9.13 Å². The second-order valence-electron chi connectivity index (χ2n) is 4.86. The predicted molar refractivity (Wildman–Crippen MR) is 62.1 cm³/mol. The van der Waals surface area contributed by atoms with Crippen molar-refractivity contribution in [3.05, 3.63) is 29.6 Å². The van der Waals surface area contributed by atoms with Crippen molar-refractivity contribution in [2.24, 2.45) is 0 Å². The van der Waals surface area contributed by atoms with Crippen LogP contribution in [0.15, 0.2) is 18.2 Å². The molecule has 0 saturated heterocycles. The Morgan fingerprint density at radius 2 is 2.25 bits per heavy atom. The van der Waals surface area contributed by atoms with Crippen molar-refractivity contribution in [1.82, 2.24) is 5.32 Å². The predicted octanol–water partition coefficient (Wildman–Crippen LogP) is 3.04. The molecular weight excluding hydrogens is 205 g/mol. The first-order valence-electron chi connectivity index (χ1n) is 5.74. The van der Waals surface area contributed by atoms with Gasteiger partial charge >= 0.3 is 0 Å². The summed E-state index contributed by atoms with van der Waals surface area (Å²) in [4.78, 5) is 0. The van der Waals surface area contributed by atoms with Crippen LogP contribution in [0.2, 0.25) is 0 Å². The molecule has 16 heavy (non-hydrogen) atoms. The van der Waals surface area contributed by atoms with Crippen molar-refractivity contribution in [1.29, 1.82) is 0 Å². The maximum atomic E-state index is 13.2. The number of hydrogen-bond donors (Lipinski definition) is 1. The minimum atomic E-state index is -0.204. The third-order valence-corrected chi connectivity index (χ3v) is 2.88. The van der Waals surface area contributed by atoms with E-state index >= 15 is 0 Å². The van der Waals surface area contributed by atoms with E-state index in [-0.39, 0.29) is 17.5 Å². The fraction of sp³-hybridized carbons (Fsp3) is 0.538. The zero-order valence-corrected chi connectivity index (χ0v) is 10.0. The van der Waals surface area contributed by atoms with Crippen LogP contribution in [0.1, 0.15) is 38.8 Å². The quantitative estimate of drug-likeness (QED) is 0.832. The average molecular weight is 223 g/mol. The molecule has 1 N–H and O–H groups in total. The third-order valence-electron chi connectivity index (χ3n) is 2.88. The summed E-state index contributed by atoms with van der Waals surface area (Å²) < 4.78 is 19.1. The van der Waals surface area contributed by atoms with E-state index in [1.54, 1.807) is 12.1 Å². The minimum Gasteiger partial charge on any atom is -0.487 e. The highest BCUT2D eigenvalue weighted by Crippen LogP contribution is 2.39. The second kappa shape index (κ2) is 4.06. The van der Waals surface area contributed by atoms with Gasteiger partial charge in [0.25, 0.3) is 0 Å². The molecule has 0 bridgehead atoms. The number of nitrogens with one attached hydrogen (secondary N) is 1. The molecule has 3 heteroatoms. The van der Waals surface area contributed by atoms with Gasteiger partial charge in [-0.15, -0.1) is 0 Å². The zero-order valence-electron chi connectivity index (χ0n) is 10.0. The standard InChI is InChI=1S/C13H18FNO/c1-4-15-11-8-13(2,3)16-12-6-5-9(14)7-10(11)12/h5-7,11,15H,4,8H2,1-3H3. The van der Waals surface area contributed by atoms with Gasteiger partial charge in [-0.25, -0.2) is 4.39 Å². The van der Waals surface area contributed by atoms with E-state index in [1.807, 2.05) is 0 Å². The summed E-state index contributed by atoms with van der Waals surface area (Å²) in [6.07, 6.45) is 0.858. The maximum Gasteiger partial charge on any atom is 0.125 e. The summed E-state index contributed by atoms with van der Waals surface area (Å²) in [5, 5.41) is 3.38. The Morgan fingerprint density at radius 3 is 2.94 bits per heavy atom. The first kappa shape index (κ1) is 11.4. The van der Waals surface area contributed by atoms with Gasteiger partial charge < -0.3 is 10.1 Å². The van der Waals surface area contributed by atoms with Crippen LogP contribution in [0.3, 0.4) is 0 Å². The maximum absolute atomic E-state index is 13.2. The summed E-state index contributed by atoms with van der Waals surface area (Å²) in [5.74, 6) is 0.591. The van der Waals surface area contributed by atoms with Gasteiger partial charge in [0.2, 0.25) is 0 Å². The molecule has 2 nitrogen and oxygen atoms in total. The molecule has 0 spiro atoms. The van der Waals surface area contributed by atoms with Gasteiger partial charge in [0.05, 0.1) is 0 Å². The van der Waals surface area contributed by atoms with Gasteiger partial charge in [0, 0.05) is 18.0 Å². The first-order valence-corrected chi connectivity index (χ1v) is 5.74. The molecule has 1 heterocycles. The Labute approximate surface area is 95.8 Å². The Morgan fingerprint density at radius 1 is 1.50 bits per heavy atom. The van der Waals surface area contributed by atoms with Crippen LogP contribution in [0.4, 0.5) is 4.39 Å². The molecule has 1 aliphatic heterocycles. The van der Waals surface area contributed by atoms with E-state index in [0.29, 0.717) is 0 Å².